The summed E-state index contributed by atoms with van der Waals surface area (Å²) in [5.41, 5.74) is 5.95. The molecule has 4 aromatic rings. The number of anilines is 1. The summed E-state index contributed by atoms with van der Waals surface area (Å²) in [5, 5.41) is 13.0. The average Bonchev–Trinajstić information content (AvgIpc) is 3.36. The van der Waals surface area contributed by atoms with E-state index in [-0.39, 0.29) is 0 Å². The SMILES string of the molecule is Cc1ccc(CSc2nnc3c(n2)O[C@H](c2ccc(OC4CCCC4)cc2)Nc2ccccc2-3)cc1. The van der Waals surface area contributed by atoms with Crippen LogP contribution in [0.3, 0.4) is 0 Å². The van der Waals surface area contributed by atoms with Crippen LogP contribution < -0.4 is 14.8 Å². The summed E-state index contributed by atoms with van der Waals surface area (Å²) in [6, 6.07) is 24.7. The van der Waals surface area contributed by atoms with Gasteiger partial charge in [-0.05, 0) is 68.5 Å². The Morgan fingerprint density at radius 1 is 0.944 bits per heavy atom. The maximum atomic E-state index is 6.43. The van der Waals surface area contributed by atoms with Crippen molar-refractivity contribution >= 4 is 17.4 Å². The Bertz CT molecular complexity index is 1340. The number of benzene rings is 3. The van der Waals surface area contributed by atoms with Crippen molar-refractivity contribution in [2.45, 2.75) is 55.8 Å². The van der Waals surface area contributed by atoms with Gasteiger partial charge in [0.05, 0.1) is 6.10 Å². The van der Waals surface area contributed by atoms with Crippen molar-refractivity contribution in [1.82, 2.24) is 15.2 Å². The van der Waals surface area contributed by atoms with Gasteiger partial charge < -0.3 is 14.8 Å². The maximum absolute atomic E-state index is 6.43. The quantitative estimate of drug-likeness (QED) is 0.289. The largest absolute Gasteiger partial charge is 0.490 e. The Morgan fingerprint density at radius 3 is 2.53 bits per heavy atom. The Kier molecular flexibility index (Phi) is 6.47. The molecule has 6 nitrogen and oxygen atoms in total. The number of hydrogen-bond acceptors (Lipinski definition) is 7. The Morgan fingerprint density at radius 2 is 1.72 bits per heavy atom. The first-order valence-electron chi connectivity index (χ1n) is 12.4. The maximum Gasteiger partial charge on any atom is 0.247 e. The summed E-state index contributed by atoms with van der Waals surface area (Å²) in [6.45, 7) is 2.09. The molecular weight excluding hydrogens is 468 g/mol. The van der Waals surface area contributed by atoms with E-state index < -0.39 is 6.23 Å². The molecule has 0 radical (unpaired) electrons. The molecule has 6 rings (SSSR count). The molecule has 7 heteroatoms. The van der Waals surface area contributed by atoms with E-state index in [1.807, 2.05) is 36.4 Å². The summed E-state index contributed by atoms with van der Waals surface area (Å²) >= 11 is 1.55. The molecule has 2 heterocycles. The van der Waals surface area contributed by atoms with Crippen LogP contribution in [0.5, 0.6) is 11.6 Å². The molecule has 0 unspecified atom stereocenters. The number of nitrogens with zero attached hydrogens (tertiary/aromatic N) is 3. The Hall–Kier alpha value is -3.58. The minimum absolute atomic E-state index is 0.334. The number of ether oxygens (including phenoxy) is 2. The molecule has 1 saturated carbocycles. The third-order valence-electron chi connectivity index (χ3n) is 6.61. The molecule has 1 aliphatic heterocycles. The van der Waals surface area contributed by atoms with Gasteiger partial charge in [-0.2, -0.15) is 4.98 Å². The molecule has 0 bridgehead atoms. The van der Waals surface area contributed by atoms with Crippen molar-refractivity contribution in [2.24, 2.45) is 0 Å². The lowest BCUT2D eigenvalue weighted by Gasteiger charge is -2.20. The zero-order valence-electron chi connectivity index (χ0n) is 20.2. The van der Waals surface area contributed by atoms with Crippen molar-refractivity contribution in [1.29, 1.82) is 0 Å². The normalized spacial score (nSPS) is 16.9. The van der Waals surface area contributed by atoms with E-state index in [2.05, 4.69) is 58.8 Å². The highest BCUT2D eigenvalue weighted by atomic mass is 32.2. The van der Waals surface area contributed by atoms with Gasteiger partial charge >= 0.3 is 0 Å². The van der Waals surface area contributed by atoms with E-state index in [0.717, 1.165) is 41.2 Å². The van der Waals surface area contributed by atoms with Gasteiger partial charge in [0, 0.05) is 22.6 Å². The van der Waals surface area contributed by atoms with Crippen molar-refractivity contribution in [2.75, 3.05) is 5.32 Å². The number of hydrogen-bond donors (Lipinski definition) is 1. The van der Waals surface area contributed by atoms with Crippen LogP contribution in [-0.4, -0.2) is 21.3 Å². The van der Waals surface area contributed by atoms with Gasteiger partial charge in [0.1, 0.15) is 5.75 Å². The fraction of sp³-hybridized carbons (Fsp3) is 0.276. The van der Waals surface area contributed by atoms with Crippen molar-refractivity contribution in [3.8, 4) is 22.9 Å². The second-order valence-electron chi connectivity index (χ2n) is 9.30. The molecule has 1 aliphatic carbocycles. The molecule has 2 aliphatic rings. The Balaban J connectivity index is 1.25. The number of aromatic nitrogens is 3. The molecule has 1 fully saturated rings. The van der Waals surface area contributed by atoms with Gasteiger partial charge in [0.15, 0.2) is 11.9 Å². The van der Waals surface area contributed by atoms with Crippen molar-refractivity contribution < 1.29 is 9.47 Å². The third-order valence-corrected chi connectivity index (χ3v) is 7.52. The van der Waals surface area contributed by atoms with Gasteiger partial charge in [-0.15, -0.1) is 10.2 Å². The molecule has 0 spiro atoms. The number of nitrogens with one attached hydrogen (secondary N) is 1. The molecule has 1 N–H and O–H groups in total. The zero-order valence-corrected chi connectivity index (χ0v) is 21.0. The lowest BCUT2D eigenvalue weighted by molar-refractivity contribution is 0.209. The topological polar surface area (TPSA) is 69.2 Å². The first-order valence-corrected chi connectivity index (χ1v) is 13.4. The smallest absolute Gasteiger partial charge is 0.247 e. The molecule has 0 amide bonds. The van der Waals surface area contributed by atoms with Crippen LogP contribution in [0, 0.1) is 6.92 Å². The molecule has 36 heavy (non-hydrogen) atoms. The number of rotatable bonds is 6. The highest BCUT2D eigenvalue weighted by Gasteiger charge is 2.26. The van der Waals surface area contributed by atoms with Crippen molar-refractivity contribution in [3.05, 3.63) is 89.5 Å². The summed E-state index contributed by atoms with van der Waals surface area (Å²) in [7, 11) is 0. The van der Waals surface area contributed by atoms with E-state index in [9.17, 15) is 0 Å². The minimum Gasteiger partial charge on any atom is -0.490 e. The molecule has 1 atom stereocenters. The molecule has 0 saturated heterocycles. The van der Waals surface area contributed by atoms with E-state index in [1.165, 1.54) is 24.0 Å². The van der Waals surface area contributed by atoms with Gasteiger partial charge in [0.2, 0.25) is 11.0 Å². The van der Waals surface area contributed by atoms with Crippen LogP contribution in [-0.2, 0) is 5.75 Å². The second-order valence-corrected chi connectivity index (χ2v) is 10.2. The average molecular weight is 497 g/mol. The first-order chi connectivity index (χ1) is 17.7. The first kappa shape index (κ1) is 22.9. The van der Waals surface area contributed by atoms with E-state index in [0.29, 0.717) is 22.8 Å². The van der Waals surface area contributed by atoms with Crippen LogP contribution in [0.4, 0.5) is 5.69 Å². The van der Waals surface area contributed by atoms with E-state index >= 15 is 0 Å². The second kappa shape index (κ2) is 10.2. The van der Waals surface area contributed by atoms with E-state index in [4.69, 9.17) is 14.5 Å². The fourth-order valence-corrected chi connectivity index (χ4v) is 5.35. The van der Waals surface area contributed by atoms with Crippen LogP contribution in [0.1, 0.15) is 48.6 Å². The summed E-state index contributed by atoms with van der Waals surface area (Å²) in [4.78, 5) is 4.77. The third kappa shape index (κ3) is 5.02. The summed E-state index contributed by atoms with van der Waals surface area (Å²) in [5.74, 6) is 2.14. The predicted octanol–water partition coefficient (Wildman–Crippen LogP) is 6.96. The molecule has 1 aromatic heterocycles. The molecular formula is C29H28N4O2S. The van der Waals surface area contributed by atoms with Crippen LogP contribution in [0.2, 0.25) is 0 Å². The molecule has 3 aromatic carbocycles. The zero-order chi connectivity index (χ0) is 24.3. The van der Waals surface area contributed by atoms with Gasteiger partial charge in [-0.1, -0.05) is 59.8 Å². The van der Waals surface area contributed by atoms with Crippen LogP contribution in [0.25, 0.3) is 11.3 Å². The standard InChI is InChI=1S/C29H28N4O2S/c1-19-10-12-20(13-11-19)18-36-29-31-28-26(32-33-29)24-8-4-5-9-25(24)30-27(35-28)21-14-16-23(17-15-21)34-22-6-2-3-7-22/h4-5,8-17,22,27,30H,2-3,6-7,18H2,1H3/t27-/m1/s1. The lowest BCUT2D eigenvalue weighted by atomic mass is 10.1. The number of thioether (sulfide) groups is 1. The van der Waals surface area contributed by atoms with Crippen LogP contribution in [0.15, 0.2) is 78.0 Å². The summed E-state index contributed by atoms with van der Waals surface area (Å²) in [6.07, 6.45) is 4.70. The van der Waals surface area contributed by atoms with Gasteiger partial charge in [0.25, 0.3) is 0 Å². The Labute approximate surface area is 215 Å². The van der Waals surface area contributed by atoms with Crippen molar-refractivity contribution in [3.63, 3.8) is 0 Å². The predicted molar refractivity (Wildman–Crippen MR) is 142 cm³/mol. The lowest BCUT2D eigenvalue weighted by Crippen LogP contribution is -2.17. The minimum atomic E-state index is -0.417. The number of para-hydroxylation sites is 1. The van der Waals surface area contributed by atoms with Crippen LogP contribution >= 0.6 is 11.8 Å². The summed E-state index contributed by atoms with van der Waals surface area (Å²) < 4.78 is 12.6. The van der Waals surface area contributed by atoms with Gasteiger partial charge in [-0.3, -0.25) is 0 Å². The number of aryl methyl sites for hydroxylation is 1. The monoisotopic (exact) mass is 496 g/mol. The highest BCUT2D eigenvalue weighted by Crippen LogP contribution is 2.40. The van der Waals surface area contributed by atoms with Gasteiger partial charge in [-0.25, -0.2) is 0 Å². The van der Waals surface area contributed by atoms with E-state index in [1.54, 1.807) is 11.8 Å². The fourth-order valence-electron chi connectivity index (χ4n) is 4.61. The highest BCUT2D eigenvalue weighted by molar-refractivity contribution is 7.98. The number of fused-ring (bicyclic) bond motifs is 3. The molecule has 182 valence electrons.